The Balaban J connectivity index is 2.34. The number of fused-ring (bicyclic) bond motifs is 1. The topological polar surface area (TPSA) is 145 Å². The molecule has 0 atom stereocenters. The maximum atomic E-state index is 13.6. The lowest BCUT2D eigenvalue weighted by Crippen LogP contribution is -2.13. The minimum atomic E-state index is -0.777. The Morgan fingerprint density at radius 3 is 1.89 bits per heavy atom. The van der Waals surface area contributed by atoms with Crippen molar-refractivity contribution in [1.29, 1.82) is 0 Å². The van der Waals surface area contributed by atoms with E-state index in [2.05, 4.69) is 0 Å². The monoisotopic (exact) mass is 484 g/mol. The van der Waals surface area contributed by atoms with Gasteiger partial charge in [0.1, 0.15) is 28.7 Å². The lowest BCUT2D eigenvalue weighted by molar-refractivity contribution is -0.133. The molecule has 0 saturated carbocycles. The summed E-state index contributed by atoms with van der Waals surface area (Å²) in [5.74, 6) is -3.40. The molecular formula is C24H20O11. The minimum Gasteiger partial charge on any atom is -0.490 e. The van der Waals surface area contributed by atoms with Crippen LogP contribution >= 0.6 is 0 Å². The fourth-order valence-electron chi connectivity index (χ4n) is 3.26. The van der Waals surface area contributed by atoms with Crippen LogP contribution in [-0.4, -0.2) is 31.0 Å². The first-order valence-electron chi connectivity index (χ1n) is 10.1. The van der Waals surface area contributed by atoms with Crippen LogP contribution in [0.5, 0.6) is 28.7 Å². The van der Waals surface area contributed by atoms with Crippen LogP contribution in [0.4, 0.5) is 0 Å². The quantitative estimate of drug-likeness (QED) is 0.376. The van der Waals surface area contributed by atoms with Crippen molar-refractivity contribution < 1.29 is 47.3 Å². The van der Waals surface area contributed by atoms with Gasteiger partial charge in [0.15, 0.2) is 11.5 Å². The van der Waals surface area contributed by atoms with E-state index in [-0.39, 0.29) is 50.8 Å². The van der Waals surface area contributed by atoms with E-state index in [0.717, 1.165) is 27.0 Å². The van der Waals surface area contributed by atoms with E-state index in [9.17, 15) is 24.0 Å². The Kier molecular flexibility index (Phi) is 7.19. The summed E-state index contributed by atoms with van der Waals surface area (Å²) in [4.78, 5) is 59.9. The predicted octanol–water partition coefficient (Wildman–Crippen LogP) is 3.17. The van der Waals surface area contributed by atoms with Crippen LogP contribution in [0.25, 0.3) is 22.1 Å². The molecule has 3 aromatic rings. The molecular weight excluding hydrogens is 464 g/mol. The number of ether oxygens (including phenoxy) is 5. The smallest absolute Gasteiger partial charge is 0.308 e. The third-order valence-corrected chi connectivity index (χ3v) is 4.40. The number of hydrogen-bond acceptors (Lipinski definition) is 11. The van der Waals surface area contributed by atoms with Gasteiger partial charge in [-0.15, -0.1) is 0 Å². The van der Waals surface area contributed by atoms with Crippen molar-refractivity contribution in [2.45, 2.75) is 27.7 Å². The molecule has 2 aromatic carbocycles. The highest BCUT2D eigenvalue weighted by Crippen LogP contribution is 2.44. The number of carbonyl (C=O) groups excluding carboxylic acids is 4. The molecule has 11 nitrogen and oxygen atoms in total. The summed E-state index contributed by atoms with van der Waals surface area (Å²) in [6.07, 6.45) is 1.10. The molecule has 11 heteroatoms. The summed E-state index contributed by atoms with van der Waals surface area (Å²) in [5.41, 5.74) is -0.691. The number of methoxy groups -OCH3 is 1. The summed E-state index contributed by atoms with van der Waals surface area (Å²) in [6, 6.07) is 5.29. The van der Waals surface area contributed by atoms with E-state index in [1.165, 1.54) is 38.3 Å². The van der Waals surface area contributed by atoms with Gasteiger partial charge in [-0.05, 0) is 12.1 Å². The van der Waals surface area contributed by atoms with Gasteiger partial charge in [-0.2, -0.15) is 0 Å². The molecule has 0 spiro atoms. The molecule has 0 fully saturated rings. The summed E-state index contributed by atoms with van der Waals surface area (Å²) in [5, 5.41) is -0.191. The van der Waals surface area contributed by atoms with E-state index in [1.807, 2.05) is 0 Å². The van der Waals surface area contributed by atoms with Gasteiger partial charge in [0, 0.05) is 45.4 Å². The van der Waals surface area contributed by atoms with Gasteiger partial charge in [-0.25, -0.2) is 0 Å². The fraction of sp³-hybridized carbons (Fsp3) is 0.208. The van der Waals surface area contributed by atoms with Crippen LogP contribution in [0.1, 0.15) is 27.7 Å². The van der Waals surface area contributed by atoms with Crippen LogP contribution in [0.2, 0.25) is 0 Å². The number of rotatable bonds is 6. The Hall–Kier alpha value is -4.67. The number of carbonyl (C=O) groups is 4. The molecule has 1 aromatic heterocycles. The molecule has 0 saturated heterocycles. The van der Waals surface area contributed by atoms with E-state index in [0.29, 0.717) is 0 Å². The van der Waals surface area contributed by atoms with Crippen LogP contribution in [0, 0.1) is 0 Å². The van der Waals surface area contributed by atoms with Crippen LogP contribution in [0.15, 0.2) is 39.7 Å². The Labute approximate surface area is 198 Å². The standard InChI is InChI=1S/C24H20O11/c1-11(25)32-15-6-7-16(18(8-15)33-12(2)26)17-10-31-19-9-20(34-13(3)27)23(30-5)24(35-14(4)28)21(19)22(17)29/h6-10H,1-5H3. The third-order valence-electron chi connectivity index (χ3n) is 4.40. The second kappa shape index (κ2) is 10.1. The van der Waals surface area contributed by atoms with Crippen molar-refractivity contribution in [3.8, 4) is 39.9 Å². The number of esters is 4. The van der Waals surface area contributed by atoms with Gasteiger partial charge in [-0.1, -0.05) is 0 Å². The highest BCUT2D eigenvalue weighted by Gasteiger charge is 2.25. The van der Waals surface area contributed by atoms with Crippen LogP contribution < -0.4 is 29.1 Å². The first-order chi connectivity index (χ1) is 16.5. The Morgan fingerprint density at radius 2 is 1.31 bits per heavy atom. The maximum absolute atomic E-state index is 13.6. The second-order valence-electron chi connectivity index (χ2n) is 7.12. The number of hydrogen-bond donors (Lipinski definition) is 0. The van der Waals surface area contributed by atoms with Gasteiger partial charge < -0.3 is 28.1 Å². The largest absolute Gasteiger partial charge is 0.490 e. The molecule has 35 heavy (non-hydrogen) atoms. The van der Waals surface area contributed by atoms with Crippen molar-refractivity contribution in [2.24, 2.45) is 0 Å². The molecule has 3 rings (SSSR count). The molecule has 0 bridgehead atoms. The summed E-state index contributed by atoms with van der Waals surface area (Å²) in [6.45, 7) is 4.63. The zero-order valence-corrected chi connectivity index (χ0v) is 19.4. The molecule has 1 heterocycles. The van der Waals surface area contributed by atoms with Crippen LogP contribution in [0.3, 0.4) is 0 Å². The summed E-state index contributed by atoms with van der Waals surface area (Å²) in [7, 11) is 1.24. The fourth-order valence-corrected chi connectivity index (χ4v) is 3.26. The van der Waals surface area contributed by atoms with Gasteiger partial charge in [-0.3, -0.25) is 24.0 Å². The maximum Gasteiger partial charge on any atom is 0.308 e. The van der Waals surface area contributed by atoms with Gasteiger partial charge in [0.25, 0.3) is 0 Å². The van der Waals surface area contributed by atoms with Crippen molar-refractivity contribution in [3.63, 3.8) is 0 Å². The highest BCUT2D eigenvalue weighted by atomic mass is 16.6. The average molecular weight is 484 g/mol. The second-order valence-corrected chi connectivity index (χ2v) is 7.12. The number of benzene rings is 2. The lowest BCUT2D eigenvalue weighted by Gasteiger charge is -2.15. The first-order valence-corrected chi connectivity index (χ1v) is 10.1. The van der Waals surface area contributed by atoms with Gasteiger partial charge in [0.2, 0.25) is 11.2 Å². The average Bonchev–Trinajstić information content (AvgIpc) is 2.73. The normalized spacial score (nSPS) is 10.4. The van der Waals surface area contributed by atoms with Crippen LogP contribution in [-0.2, 0) is 19.2 Å². The lowest BCUT2D eigenvalue weighted by atomic mass is 10.0. The first kappa shape index (κ1) is 25.0. The molecule has 0 radical (unpaired) electrons. The van der Waals surface area contributed by atoms with Gasteiger partial charge >= 0.3 is 23.9 Å². The third kappa shape index (κ3) is 5.46. The summed E-state index contributed by atoms with van der Waals surface area (Å²) < 4.78 is 31.5. The molecule has 0 aliphatic carbocycles. The van der Waals surface area contributed by atoms with Crippen molar-refractivity contribution in [3.05, 3.63) is 40.8 Å². The zero-order valence-electron chi connectivity index (χ0n) is 19.4. The zero-order chi connectivity index (χ0) is 25.9. The van der Waals surface area contributed by atoms with Gasteiger partial charge in [0.05, 0.1) is 12.7 Å². The van der Waals surface area contributed by atoms with E-state index < -0.39 is 29.3 Å². The molecule has 0 unspecified atom stereocenters. The SMILES string of the molecule is COc1c(OC(C)=O)cc2occ(-c3ccc(OC(C)=O)cc3OC(C)=O)c(=O)c2c1OC(C)=O. The predicted molar refractivity (Wildman–Crippen MR) is 120 cm³/mol. The van der Waals surface area contributed by atoms with E-state index in [4.69, 9.17) is 28.1 Å². The molecule has 0 aliphatic rings. The van der Waals surface area contributed by atoms with E-state index in [1.54, 1.807) is 0 Å². The molecule has 0 aliphatic heterocycles. The molecule has 0 N–H and O–H groups in total. The van der Waals surface area contributed by atoms with E-state index >= 15 is 0 Å². The molecule has 0 amide bonds. The highest BCUT2D eigenvalue weighted by molar-refractivity contribution is 5.94. The van der Waals surface area contributed by atoms with Crippen molar-refractivity contribution in [1.82, 2.24) is 0 Å². The Morgan fingerprint density at radius 1 is 0.714 bits per heavy atom. The van der Waals surface area contributed by atoms with Crippen molar-refractivity contribution in [2.75, 3.05) is 7.11 Å². The minimum absolute atomic E-state index is 0.0705. The molecule has 182 valence electrons. The van der Waals surface area contributed by atoms with Crippen molar-refractivity contribution >= 4 is 34.8 Å². The Bertz CT molecular complexity index is 1420. The summed E-state index contributed by atoms with van der Waals surface area (Å²) >= 11 is 0.